The molecule has 3 rings (SSSR count). The Bertz CT molecular complexity index is 743. The van der Waals surface area contributed by atoms with Crippen molar-refractivity contribution in [1.29, 1.82) is 0 Å². The first-order valence-corrected chi connectivity index (χ1v) is 6.89. The predicted octanol–water partition coefficient (Wildman–Crippen LogP) is -0.468. The zero-order valence-corrected chi connectivity index (χ0v) is 11.8. The number of halogens is 1. The number of H-pyrrole nitrogens is 1. The summed E-state index contributed by atoms with van der Waals surface area (Å²) in [5.41, 5.74) is 5.40. The van der Waals surface area contributed by atoms with Crippen molar-refractivity contribution in [3.8, 4) is 0 Å². The fourth-order valence-corrected chi connectivity index (χ4v) is 2.79. The zero-order chi connectivity index (χ0) is 16.0. The number of fused-ring (bicyclic) bond motifs is 1. The van der Waals surface area contributed by atoms with Gasteiger partial charge in [0.05, 0.1) is 12.0 Å². The Morgan fingerprint density at radius 3 is 3.00 bits per heavy atom. The number of nitrogens with one attached hydrogen (secondary N) is 1. The summed E-state index contributed by atoms with van der Waals surface area (Å²) in [4.78, 5) is 18.3. The number of ether oxygens (including phenoxy) is 1. The molecule has 120 valence electrons. The molecule has 0 saturated carbocycles. The number of aliphatic hydroxyl groups is 2. The van der Waals surface area contributed by atoms with Gasteiger partial charge in [-0.05, 0) is 6.07 Å². The summed E-state index contributed by atoms with van der Waals surface area (Å²) < 4.78 is 21.3. The molecule has 9 heteroatoms. The van der Waals surface area contributed by atoms with E-state index in [1.165, 1.54) is 10.6 Å². The number of hydrogen-bond acceptors (Lipinski definition) is 6. The fourth-order valence-electron chi connectivity index (χ4n) is 2.79. The second kappa shape index (κ2) is 5.34. The molecule has 5 atom stereocenters. The number of aromatic nitrogens is 3. The summed E-state index contributed by atoms with van der Waals surface area (Å²) in [6, 6.07) is 1.53. The molecule has 0 spiro atoms. The highest BCUT2D eigenvalue weighted by Gasteiger charge is 2.44. The number of alkyl halides is 1. The molecule has 3 heterocycles. The average molecular weight is 312 g/mol. The average Bonchev–Trinajstić information content (AvgIpc) is 2.89. The minimum Gasteiger partial charge on any atom is -0.394 e. The quantitative estimate of drug-likeness (QED) is 0.594. The highest BCUT2D eigenvalue weighted by atomic mass is 19.1. The molecule has 0 aliphatic carbocycles. The number of hydrogen-bond donors (Lipinski definition) is 4. The Hall–Kier alpha value is -1.97. The van der Waals surface area contributed by atoms with Crippen LogP contribution in [0.2, 0.25) is 0 Å². The maximum atomic E-state index is 14.2. The van der Waals surface area contributed by atoms with Crippen LogP contribution in [0.25, 0.3) is 11.0 Å². The first-order valence-electron chi connectivity index (χ1n) is 6.89. The lowest BCUT2D eigenvalue weighted by molar-refractivity contribution is -0.211. The van der Waals surface area contributed by atoms with Crippen LogP contribution in [-0.4, -0.2) is 49.7 Å². The van der Waals surface area contributed by atoms with Gasteiger partial charge >= 0.3 is 0 Å². The van der Waals surface area contributed by atoms with Gasteiger partial charge in [-0.3, -0.25) is 9.78 Å². The third-order valence-electron chi connectivity index (χ3n) is 4.03. The van der Waals surface area contributed by atoms with E-state index in [4.69, 9.17) is 10.5 Å². The molecular formula is C13H17FN4O4. The monoisotopic (exact) mass is 312 g/mol. The molecule has 2 unspecified atom stereocenters. The molecule has 5 N–H and O–H groups in total. The summed E-state index contributed by atoms with van der Waals surface area (Å²) in [5.74, 6) is -0.757. The standard InChI is InChI=1S/C13H17FN4O4/c1-5-8(14)9(20)7(4-19)22-12(5)18-3-2-6-10(18)16-13(15)17-11(6)21/h2-3,5,7-9,12,19-20H,4H2,1H3,(H3,15,16,17,21)/t5?,7-,8-,9?,12-/m1/s1. The van der Waals surface area contributed by atoms with Gasteiger partial charge in [-0.1, -0.05) is 6.92 Å². The van der Waals surface area contributed by atoms with Crippen LogP contribution in [0.5, 0.6) is 0 Å². The number of aliphatic hydroxyl groups excluding tert-OH is 2. The number of anilines is 1. The van der Waals surface area contributed by atoms with Crippen molar-refractivity contribution in [3.05, 3.63) is 22.6 Å². The fraction of sp³-hybridized carbons (Fsp3) is 0.538. The minimum absolute atomic E-state index is 0.0588. The second-order valence-corrected chi connectivity index (χ2v) is 5.45. The topological polar surface area (TPSA) is 126 Å². The van der Waals surface area contributed by atoms with Gasteiger partial charge in [-0.25, -0.2) is 4.39 Å². The number of nitrogens with zero attached hydrogens (tertiary/aromatic N) is 2. The summed E-state index contributed by atoms with van der Waals surface area (Å²) in [6.07, 6.45) is -3.30. The van der Waals surface area contributed by atoms with Gasteiger partial charge in [0.2, 0.25) is 5.95 Å². The predicted molar refractivity (Wildman–Crippen MR) is 75.8 cm³/mol. The highest BCUT2D eigenvalue weighted by molar-refractivity contribution is 5.76. The Morgan fingerprint density at radius 1 is 1.59 bits per heavy atom. The number of rotatable bonds is 2. The normalized spacial score (nSPS) is 32.5. The molecular weight excluding hydrogens is 295 g/mol. The van der Waals surface area contributed by atoms with Crippen molar-refractivity contribution in [2.75, 3.05) is 12.3 Å². The minimum atomic E-state index is -1.58. The first-order chi connectivity index (χ1) is 10.4. The third kappa shape index (κ3) is 2.18. The molecule has 8 nitrogen and oxygen atoms in total. The molecule has 0 bridgehead atoms. The molecule has 1 fully saturated rings. The Balaban J connectivity index is 2.08. The van der Waals surface area contributed by atoms with Crippen LogP contribution >= 0.6 is 0 Å². The second-order valence-electron chi connectivity index (χ2n) is 5.45. The summed E-state index contributed by atoms with van der Waals surface area (Å²) >= 11 is 0. The van der Waals surface area contributed by atoms with E-state index < -0.39 is 42.7 Å². The summed E-state index contributed by atoms with van der Waals surface area (Å²) in [5, 5.41) is 19.3. The highest BCUT2D eigenvalue weighted by Crippen LogP contribution is 2.36. The van der Waals surface area contributed by atoms with Gasteiger partial charge in [0.15, 0.2) is 5.65 Å². The van der Waals surface area contributed by atoms with Gasteiger partial charge < -0.3 is 25.3 Å². The molecule has 1 saturated heterocycles. The Kier molecular flexibility index (Phi) is 3.63. The van der Waals surface area contributed by atoms with Crippen LogP contribution in [0.1, 0.15) is 13.2 Å². The van der Waals surface area contributed by atoms with Gasteiger partial charge in [0.1, 0.15) is 24.6 Å². The van der Waals surface area contributed by atoms with Gasteiger partial charge in [-0.2, -0.15) is 4.98 Å². The van der Waals surface area contributed by atoms with Gasteiger partial charge in [-0.15, -0.1) is 0 Å². The van der Waals surface area contributed by atoms with E-state index in [1.807, 2.05) is 0 Å². The van der Waals surface area contributed by atoms with Crippen molar-refractivity contribution in [2.24, 2.45) is 5.92 Å². The van der Waals surface area contributed by atoms with E-state index in [1.54, 1.807) is 13.1 Å². The molecule has 2 aromatic rings. The van der Waals surface area contributed by atoms with Crippen LogP contribution in [0.3, 0.4) is 0 Å². The summed E-state index contributed by atoms with van der Waals surface area (Å²) in [6.45, 7) is 1.06. The van der Waals surface area contributed by atoms with Crippen LogP contribution < -0.4 is 11.3 Å². The van der Waals surface area contributed by atoms with Gasteiger partial charge in [0.25, 0.3) is 5.56 Å². The Labute approximate surface area is 124 Å². The lowest BCUT2D eigenvalue weighted by Crippen LogP contribution is -2.51. The molecule has 22 heavy (non-hydrogen) atoms. The van der Waals surface area contributed by atoms with E-state index in [0.717, 1.165) is 0 Å². The molecule has 0 aromatic carbocycles. The van der Waals surface area contributed by atoms with Crippen molar-refractivity contribution < 1.29 is 19.3 Å². The van der Waals surface area contributed by atoms with Gasteiger partial charge in [0, 0.05) is 12.1 Å². The smallest absolute Gasteiger partial charge is 0.261 e. The zero-order valence-electron chi connectivity index (χ0n) is 11.8. The van der Waals surface area contributed by atoms with Crippen LogP contribution in [0.15, 0.2) is 17.1 Å². The Morgan fingerprint density at radius 2 is 2.32 bits per heavy atom. The van der Waals surface area contributed by atoms with Crippen LogP contribution in [0, 0.1) is 5.92 Å². The van der Waals surface area contributed by atoms with E-state index in [-0.39, 0.29) is 11.6 Å². The lowest BCUT2D eigenvalue weighted by atomic mass is 9.92. The largest absolute Gasteiger partial charge is 0.394 e. The van der Waals surface area contributed by atoms with E-state index in [9.17, 15) is 19.4 Å². The number of aromatic amines is 1. The van der Waals surface area contributed by atoms with E-state index >= 15 is 0 Å². The first kappa shape index (κ1) is 14.9. The number of nitrogens with two attached hydrogens (primary N) is 1. The molecule has 1 aliphatic heterocycles. The van der Waals surface area contributed by atoms with E-state index in [0.29, 0.717) is 5.39 Å². The maximum Gasteiger partial charge on any atom is 0.261 e. The van der Waals surface area contributed by atoms with Crippen molar-refractivity contribution in [1.82, 2.24) is 14.5 Å². The maximum absolute atomic E-state index is 14.2. The third-order valence-corrected chi connectivity index (χ3v) is 4.03. The summed E-state index contributed by atoms with van der Waals surface area (Å²) in [7, 11) is 0. The molecule has 1 aliphatic rings. The van der Waals surface area contributed by atoms with Crippen LogP contribution in [0.4, 0.5) is 10.3 Å². The van der Waals surface area contributed by atoms with E-state index in [2.05, 4.69) is 9.97 Å². The number of nitrogen functional groups attached to an aromatic ring is 1. The van der Waals surface area contributed by atoms with Crippen molar-refractivity contribution in [3.63, 3.8) is 0 Å². The van der Waals surface area contributed by atoms with Crippen molar-refractivity contribution >= 4 is 17.0 Å². The molecule has 2 aromatic heterocycles. The lowest BCUT2D eigenvalue weighted by Gasteiger charge is -2.40. The van der Waals surface area contributed by atoms with Crippen molar-refractivity contribution in [2.45, 2.75) is 31.5 Å². The van der Waals surface area contributed by atoms with Crippen LogP contribution in [-0.2, 0) is 4.74 Å². The molecule has 0 amide bonds. The molecule has 0 radical (unpaired) electrons. The SMILES string of the molecule is CC1[C@@H](F)C(O)[C@@H](CO)O[C@H]1n1ccc2c(=O)[nH]c(N)nc21.